The van der Waals surface area contributed by atoms with Gasteiger partial charge in [-0.3, -0.25) is 4.90 Å². The Labute approximate surface area is 152 Å². The van der Waals surface area contributed by atoms with Crippen LogP contribution < -0.4 is 5.32 Å². The van der Waals surface area contributed by atoms with E-state index in [0.29, 0.717) is 24.3 Å². The van der Waals surface area contributed by atoms with E-state index in [2.05, 4.69) is 60.6 Å². The van der Waals surface area contributed by atoms with Crippen LogP contribution in [0.1, 0.15) is 12.3 Å². The van der Waals surface area contributed by atoms with Gasteiger partial charge in [-0.05, 0) is 46.6 Å². The zero-order chi connectivity index (χ0) is 16.4. The number of para-hydroxylation sites is 1. The summed E-state index contributed by atoms with van der Waals surface area (Å²) < 4.78 is 6.48. The fraction of sp³-hybridized carbons (Fsp3) is 0.294. The van der Waals surface area contributed by atoms with E-state index in [1.54, 1.807) is 11.3 Å². The number of anilines is 1. The maximum Gasteiger partial charge on any atom is 0.241 e. The monoisotopic (exact) mass is 404 g/mol. The van der Waals surface area contributed by atoms with Crippen molar-refractivity contribution < 1.29 is 4.52 Å². The Morgan fingerprint density at radius 2 is 2.12 bits per heavy atom. The largest absolute Gasteiger partial charge is 0.381 e. The molecule has 1 aromatic carbocycles. The highest BCUT2D eigenvalue weighted by Gasteiger charge is 2.24. The minimum Gasteiger partial charge on any atom is -0.381 e. The molecule has 2 aromatic heterocycles. The fourth-order valence-electron chi connectivity index (χ4n) is 2.91. The maximum absolute atomic E-state index is 5.41. The molecule has 1 atom stereocenters. The minimum atomic E-state index is 0.461. The molecule has 0 bridgehead atoms. The molecule has 3 heterocycles. The van der Waals surface area contributed by atoms with Crippen LogP contribution in [-0.2, 0) is 6.54 Å². The number of hydrogen-bond donors (Lipinski definition) is 1. The SMILES string of the molecule is Brc1ccc(-c2noc(CN3CCC(Nc4ccccc4)C3)n2)s1. The Morgan fingerprint density at radius 1 is 1.25 bits per heavy atom. The van der Waals surface area contributed by atoms with E-state index >= 15 is 0 Å². The number of hydrogen-bond acceptors (Lipinski definition) is 6. The standard InChI is InChI=1S/C17H17BrN4OS/c18-15-7-6-14(24-15)17-20-16(23-21-17)11-22-9-8-13(10-22)19-12-4-2-1-3-5-12/h1-7,13,19H,8-11H2. The number of likely N-dealkylation sites (tertiary alicyclic amines) is 1. The van der Waals surface area contributed by atoms with Crippen LogP contribution >= 0.6 is 27.3 Å². The van der Waals surface area contributed by atoms with Crippen molar-refractivity contribution in [2.24, 2.45) is 0 Å². The Hall–Kier alpha value is -1.70. The summed E-state index contributed by atoms with van der Waals surface area (Å²) in [6.07, 6.45) is 1.12. The summed E-state index contributed by atoms with van der Waals surface area (Å²) in [6, 6.07) is 14.8. The average Bonchev–Trinajstić information content (AvgIpc) is 3.31. The molecule has 3 aromatic rings. The van der Waals surface area contributed by atoms with Crippen molar-refractivity contribution in [3.63, 3.8) is 0 Å². The second-order valence-electron chi connectivity index (χ2n) is 5.85. The Balaban J connectivity index is 1.34. The third-order valence-corrected chi connectivity index (χ3v) is 5.66. The van der Waals surface area contributed by atoms with Gasteiger partial charge in [0.15, 0.2) is 0 Å². The summed E-state index contributed by atoms with van der Waals surface area (Å²) in [5.74, 6) is 1.34. The maximum atomic E-state index is 5.41. The molecule has 124 valence electrons. The molecule has 1 saturated heterocycles. The summed E-state index contributed by atoms with van der Waals surface area (Å²) >= 11 is 5.06. The lowest BCUT2D eigenvalue weighted by Gasteiger charge is -2.15. The molecule has 4 rings (SSSR count). The van der Waals surface area contributed by atoms with Crippen molar-refractivity contribution in [2.45, 2.75) is 19.0 Å². The van der Waals surface area contributed by atoms with Crippen molar-refractivity contribution in [2.75, 3.05) is 18.4 Å². The number of benzene rings is 1. The first-order valence-electron chi connectivity index (χ1n) is 7.88. The van der Waals surface area contributed by atoms with Gasteiger partial charge < -0.3 is 9.84 Å². The number of rotatable bonds is 5. The Kier molecular flexibility index (Phi) is 4.64. The summed E-state index contributed by atoms with van der Waals surface area (Å²) in [5.41, 5.74) is 1.17. The van der Waals surface area contributed by atoms with E-state index < -0.39 is 0 Å². The molecule has 0 aliphatic carbocycles. The van der Waals surface area contributed by atoms with Crippen LogP contribution in [0.15, 0.2) is 50.8 Å². The van der Waals surface area contributed by atoms with Gasteiger partial charge in [-0.25, -0.2) is 0 Å². The van der Waals surface area contributed by atoms with Gasteiger partial charge in [0.1, 0.15) is 0 Å². The lowest BCUT2D eigenvalue weighted by atomic mass is 10.2. The topological polar surface area (TPSA) is 54.2 Å². The number of aromatic nitrogens is 2. The first-order valence-corrected chi connectivity index (χ1v) is 9.49. The van der Waals surface area contributed by atoms with Crippen LogP contribution in [0.3, 0.4) is 0 Å². The molecule has 1 aliphatic heterocycles. The number of halogens is 1. The van der Waals surface area contributed by atoms with E-state index in [-0.39, 0.29) is 0 Å². The Bertz CT molecular complexity index is 804. The van der Waals surface area contributed by atoms with Crippen LogP contribution in [0.2, 0.25) is 0 Å². The predicted octanol–water partition coefficient (Wildman–Crippen LogP) is 4.25. The molecule has 1 N–H and O–H groups in total. The predicted molar refractivity (Wildman–Crippen MR) is 99.1 cm³/mol. The van der Waals surface area contributed by atoms with Crippen LogP contribution in [0.4, 0.5) is 5.69 Å². The van der Waals surface area contributed by atoms with Crippen LogP contribution in [0.5, 0.6) is 0 Å². The second-order valence-corrected chi connectivity index (χ2v) is 8.31. The van der Waals surface area contributed by atoms with E-state index in [4.69, 9.17) is 4.52 Å². The third-order valence-electron chi connectivity index (χ3n) is 4.04. The third kappa shape index (κ3) is 3.68. The molecule has 7 heteroatoms. The van der Waals surface area contributed by atoms with Crippen LogP contribution in [0.25, 0.3) is 10.7 Å². The second kappa shape index (κ2) is 7.04. The summed E-state index contributed by atoms with van der Waals surface area (Å²) in [4.78, 5) is 7.88. The lowest BCUT2D eigenvalue weighted by Crippen LogP contribution is -2.26. The number of thiophene rings is 1. The van der Waals surface area contributed by atoms with Gasteiger partial charge in [0.25, 0.3) is 0 Å². The molecule has 1 unspecified atom stereocenters. The molecule has 1 fully saturated rings. The van der Waals surface area contributed by atoms with Crippen molar-refractivity contribution in [1.29, 1.82) is 0 Å². The average molecular weight is 405 g/mol. The molecular formula is C17H17BrN4OS. The van der Waals surface area contributed by atoms with Crippen molar-refractivity contribution in [1.82, 2.24) is 15.0 Å². The highest BCUT2D eigenvalue weighted by Crippen LogP contribution is 2.29. The quantitative estimate of drug-likeness (QED) is 0.688. The van der Waals surface area contributed by atoms with Gasteiger partial charge in [0.05, 0.1) is 15.2 Å². The molecular weight excluding hydrogens is 388 g/mol. The molecule has 0 radical (unpaired) electrons. The molecule has 0 amide bonds. The number of nitrogens with one attached hydrogen (secondary N) is 1. The summed E-state index contributed by atoms with van der Waals surface area (Å²) in [6.45, 7) is 2.72. The van der Waals surface area contributed by atoms with Gasteiger partial charge >= 0.3 is 0 Å². The van der Waals surface area contributed by atoms with Gasteiger partial charge in [-0.15, -0.1) is 11.3 Å². The van der Waals surface area contributed by atoms with Gasteiger partial charge in [0, 0.05) is 24.8 Å². The van der Waals surface area contributed by atoms with Gasteiger partial charge in [-0.2, -0.15) is 4.98 Å². The first kappa shape index (κ1) is 15.8. The Morgan fingerprint density at radius 3 is 2.92 bits per heavy atom. The van der Waals surface area contributed by atoms with Crippen molar-refractivity contribution >= 4 is 33.0 Å². The van der Waals surface area contributed by atoms with Gasteiger partial charge in [0.2, 0.25) is 11.7 Å². The summed E-state index contributed by atoms with van der Waals surface area (Å²) in [5, 5.41) is 7.67. The molecule has 1 aliphatic rings. The fourth-order valence-corrected chi connectivity index (χ4v) is 4.22. The van der Waals surface area contributed by atoms with Gasteiger partial charge in [-0.1, -0.05) is 23.4 Å². The highest BCUT2D eigenvalue weighted by molar-refractivity contribution is 9.11. The lowest BCUT2D eigenvalue weighted by molar-refractivity contribution is 0.266. The zero-order valence-corrected chi connectivity index (χ0v) is 15.4. The molecule has 24 heavy (non-hydrogen) atoms. The molecule has 0 spiro atoms. The molecule has 0 saturated carbocycles. The zero-order valence-electron chi connectivity index (χ0n) is 13.0. The van der Waals surface area contributed by atoms with Crippen LogP contribution in [0, 0.1) is 0 Å². The van der Waals surface area contributed by atoms with Crippen molar-refractivity contribution in [3.8, 4) is 10.7 Å². The summed E-state index contributed by atoms with van der Waals surface area (Å²) in [7, 11) is 0. The van der Waals surface area contributed by atoms with Crippen molar-refractivity contribution in [3.05, 3.63) is 52.1 Å². The van der Waals surface area contributed by atoms with E-state index in [1.165, 1.54) is 5.69 Å². The smallest absolute Gasteiger partial charge is 0.241 e. The normalized spacial score (nSPS) is 18.1. The first-order chi connectivity index (χ1) is 11.8. The number of nitrogens with zero attached hydrogens (tertiary/aromatic N) is 3. The van der Waals surface area contributed by atoms with E-state index in [9.17, 15) is 0 Å². The highest BCUT2D eigenvalue weighted by atomic mass is 79.9. The van der Waals surface area contributed by atoms with Crippen LogP contribution in [-0.4, -0.2) is 34.2 Å². The van der Waals surface area contributed by atoms with E-state index in [0.717, 1.165) is 28.2 Å². The van der Waals surface area contributed by atoms with E-state index in [1.807, 2.05) is 18.2 Å². The minimum absolute atomic E-state index is 0.461. The molecule has 5 nitrogen and oxygen atoms in total.